The van der Waals surface area contributed by atoms with Gasteiger partial charge in [-0.2, -0.15) is 13.2 Å². The molecule has 0 aliphatic carbocycles. The Labute approximate surface area is 186 Å². The van der Waals surface area contributed by atoms with Gasteiger partial charge in [-0.3, -0.25) is 9.59 Å². The number of nitrogens with zero attached hydrogens (tertiary/aromatic N) is 4. The molecule has 3 aromatic heterocycles. The fourth-order valence-electron chi connectivity index (χ4n) is 4.29. The Morgan fingerprint density at radius 3 is 2.67 bits per heavy atom. The number of aromatic nitrogens is 4. The largest absolute Gasteiger partial charge is 0.416 e. The molecule has 1 aliphatic heterocycles. The lowest BCUT2D eigenvalue weighted by Gasteiger charge is -2.35. The van der Waals surface area contributed by atoms with Crippen LogP contribution in [0.4, 0.5) is 13.2 Å². The molecule has 7 nitrogen and oxygen atoms in total. The molecule has 0 saturated heterocycles. The van der Waals surface area contributed by atoms with Crippen LogP contribution in [-0.2, 0) is 19.3 Å². The lowest BCUT2D eigenvalue weighted by Crippen LogP contribution is -2.49. The van der Waals surface area contributed by atoms with E-state index in [4.69, 9.17) is 0 Å². The molecule has 33 heavy (non-hydrogen) atoms. The number of carbonyl (C=O) groups excluding carboxylic acids is 1. The third-order valence-corrected chi connectivity index (χ3v) is 6.04. The first-order valence-corrected chi connectivity index (χ1v) is 10.4. The predicted molar refractivity (Wildman–Crippen MR) is 115 cm³/mol. The standard InChI is InChI=1S/C23H20F3N5O2/c1-13-9-29(12-28-13)19-5-6-20-22(33)30(14(2)10-31(20)21(19)32)11-15-8-27-18-4-3-16(7-17(15)18)23(24,25)26/h3-9,12,14,27H,10-11H2,1-2H3. The third-order valence-electron chi connectivity index (χ3n) is 6.04. The average Bonchev–Trinajstić information content (AvgIpc) is 3.37. The molecular weight excluding hydrogens is 435 g/mol. The molecule has 4 heterocycles. The van der Waals surface area contributed by atoms with Crippen LogP contribution in [0.25, 0.3) is 16.6 Å². The molecule has 170 valence electrons. The highest BCUT2D eigenvalue weighted by molar-refractivity contribution is 5.94. The van der Waals surface area contributed by atoms with Gasteiger partial charge in [0.25, 0.3) is 11.5 Å². The second-order valence-corrected chi connectivity index (χ2v) is 8.30. The number of amides is 1. The highest BCUT2D eigenvalue weighted by atomic mass is 19.4. The second kappa shape index (κ2) is 7.36. The highest BCUT2D eigenvalue weighted by Crippen LogP contribution is 2.33. The van der Waals surface area contributed by atoms with Gasteiger partial charge in [0.15, 0.2) is 0 Å². The van der Waals surface area contributed by atoms with Crippen molar-refractivity contribution < 1.29 is 18.0 Å². The minimum atomic E-state index is -4.46. The fraction of sp³-hybridized carbons (Fsp3) is 0.261. The van der Waals surface area contributed by atoms with Crippen LogP contribution in [0.2, 0.25) is 0 Å². The van der Waals surface area contributed by atoms with Gasteiger partial charge in [-0.1, -0.05) is 0 Å². The summed E-state index contributed by atoms with van der Waals surface area (Å²) < 4.78 is 42.6. The topological polar surface area (TPSA) is 75.9 Å². The van der Waals surface area contributed by atoms with Gasteiger partial charge in [-0.05, 0) is 49.7 Å². The van der Waals surface area contributed by atoms with Crippen LogP contribution in [0.1, 0.15) is 34.2 Å². The van der Waals surface area contributed by atoms with Crippen molar-refractivity contribution in [1.82, 2.24) is 24.0 Å². The number of carbonyl (C=O) groups is 1. The molecular formula is C23H20F3N5O2. The van der Waals surface area contributed by atoms with Gasteiger partial charge < -0.3 is 19.0 Å². The van der Waals surface area contributed by atoms with Crippen molar-refractivity contribution in [1.29, 1.82) is 0 Å². The molecule has 1 amide bonds. The summed E-state index contributed by atoms with van der Waals surface area (Å²) in [6.45, 7) is 4.03. The monoisotopic (exact) mass is 455 g/mol. The lowest BCUT2D eigenvalue weighted by atomic mass is 10.1. The third kappa shape index (κ3) is 3.51. The molecule has 0 saturated carbocycles. The van der Waals surface area contributed by atoms with Gasteiger partial charge >= 0.3 is 6.18 Å². The van der Waals surface area contributed by atoms with E-state index in [0.717, 1.165) is 17.8 Å². The van der Waals surface area contributed by atoms with Crippen molar-refractivity contribution in [3.63, 3.8) is 0 Å². The number of benzene rings is 1. The molecule has 0 fully saturated rings. The van der Waals surface area contributed by atoms with Crippen molar-refractivity contribution in [2.24, 2.45) is 0 Å². The van der Waals surface area contributed by atoms with E-state index >= 15 is 0 Å². The van der Waals surface area contributed by atoms with Crippen LogP contribution < -0.4 is 5.56 Å². The Kier molecular flexibility index (Phi) is 4.70. The summed E-state index contributed by atoms with van der Waals surface area (Å²) in [5.41, 5.74) is 1.50. The molecule has 1 atom stereocenters. The van der Waals surface area contributed by atoms with Crippen LogP contribution >= 0.6 is 0 Å². The second-order valence-electron chi connectivity index (χ2n) is 8.30. The maximum atomic E-state index is 13.3. The summed E-state index contributed by atoms with van der Waals surface area (Å²) in [6.07, 6.45) is 0.446. The summed E-state index contributed by atoms with van der Waals surface area (Å²) in [5, 5.41) is 0.415. The van der Waals surface area contributed by atoms with E-state index in [1.807, 2.05) is 13.8 Å². The number of nitrogens with one attached hydrogen (secondary N) is 1. The number of hydrogen-bond acceptors (Lipinski definition) is 3. The molecule has 1 aromatic carbocycles. The Bertz CT molecular complexity index is 1450. The number of rotatable bonds is 3. The van der Waals surface area contributed by atoms with E-state index in [0.29, 0.717) is 22.2 Å². The van der Waals surface area contributed by atoms with E-state index in [2.05, 4.69) is 9.97 Å². The molecule has 4 aromatic rings. The van der Waals surface area contributed by atoms with Crippen molar-refractivity contribution in [2.45, 2.75) is 39.2 Å². The molecule has 1 N–H and O–H groups in total. The Morgan fingerprint density at radius 1 is 1.18 bits per heavy atom. The first-order chi connectivity index (χ1) is 15.6. The maximum Gasteiger partial charge on any atom is 0.416 e. The number of halogens is 3. The average molecular weight is 455 g/mol. The van der Waals surface area contributed by atoms with Gasteiger partial charge in [0, 0.05) is 42.4 Å². The molecule has 0 radical (unpaired) electrons. The minimum absolute atomic E-state index is 0.123. The SMILES string of the molecule is Cc1cn(-c2ccc3n(c2=O)CC(C)N(Cc2c[nH]c4ccc(C(F)(F)F)cc24)C3=O)cn1. The summed E-state index contributed by atoms with van der Waals surface area (Å²) in [6, 6.07) is 6.36. The molecule has 0 bridgehead atoms. The van der Waals surface area contributed by atoms with E-state index in [-0.39, 0.29) is 36.3 Å². The van der Waals surface area contributed by atoms with Crippen molar-refractivity contribution >= 4 is 16.8 Å². The van der Waals surface area contributed by atoms with E-state index in [9.17, 15) is 22.8 Å². The van der Waals surface area contributed by atoms with Crippen molar-refractivity contribution in [3.8, 4) is 5.69 Å². The van der Waals surface area contributed by atoms with E-state index in [1.165, 1.54) is 10.6 Å². The number of fused-ring (bicyclic) bond motifs is 2. The normalized spacial score (nSPS) is 16.5. The Balaban J connectivity index is 1.50. The van der Waals surface area contributed by atoms with Crippen LogP contribution in [0, 0.1) is 6.92 Å². The quantitative estimate of drug-likeness (QED) is 0.509. The Morgan fingerprint density at radius 2 is 1.97 bits per heavy atom. The zero-order chi connectivity index (χ0) is 23.5. The van der Waals surface area contributed by atoms with Gasteiger partial charge in [0.2, 0.25) is 0 Å². The highest BCUT2D eigenvalue weighted by Gasteiger charge is 2.33. The summed E-state index contributed by atoms with van der Waals surface area (Å²) in [7, 11) is 0. The molecule has 10 heteroatoms. The predicted octanol–water partition coefficient (Wildman–Crippen LogP) is 3.89. The van der Waals surface area contributed by atoms with Crippen LogP contribution in [-0.4, -0.2) is 36.0 Å². The lowest BCUT2D eigenvalue weighted by molar-refractivity contribution is -0.137. The number of hydrogen-bond donors (Lipinski definition) is 1. The molecule has 1 aliphatic rings. The number of alkyl halides is 3. The first kappa shape index (κ1) is 21.0. The number of aryl methyl sites for hydroxylation is 1. The maximum absolute atomic E-state index is 13.3. The van der Waals surface area contributed by atoms with Crippen LogP contribution in [0.15, 0.2) is 53.8 Å². The van der Waals surface area contributed by atoms with E-state index in [1.54, 1.807) is 40.3 Å². The number of imidazole rings is 1. The van der Waals surface area contributed by atoms with Gasteiger partial charge in [-0.15, -0.1) is 0 Å². The first-order valence-electron chi connectivity index (χ1n) is 10.4. The van der Waals surface area contributed by atoms with Gasteiger partial charge in [0.05, 0.1) is 17.6 Å². The van der Waals surface area contributed by atoms with Gasteiger partial charge in [0.1, 0.15) is 11.4 Å². The minimum Gasteiger partial charge on any atom is -0.361 e. The Hall–Kier alpha value is -3.82. The molecule has 0 spiro atoms. The van der Waals surface area contributed by atoms with Crippen molar-refractivity contribution in [3.05, 3.63) is 81.9 Å². The summed E-state index contributed by atoms with van der Waals surface area (Å²) in [4.78, 5) is 35.1. The number of H-pyrrole nitrogens is 1. The summed E-state index contributed by atoms with van der Waals surface area (Å²) in [5.74, 6) is -0.347. The zero-order valence-electron chi connectivity index (χ0n) is 17.8. The molecule has 1 unspecified atom stereocenters. The number of aromatic amines is 1. The smallest absolute Gasteiger partial charge is 0.361 e. The summed E-state index contributed by atoms with van der Waals surface area (Å²) >= 11 is 0. The zero-order valence-corrected chi connectivity index (χ0v) is 17.8. The number of pyridine rings is 1. The van der Waals surface area contributed by atoms with E-state index < -0.39 is 11.7 Å². The molecule has 5 rings (SSSR count). The fourth-order valence-corrected chi connectivity index (χ4v) is 4.29. The van der Waals surface area contributed by atoms with Crippen molar-refractivity contribution in [2.75, 3.05) is 0 Å². The van der Waals surface area contributed by atoms with Crippen LogP contribution in [0.5, 0.6) is 0 Å². The van der Waals surface area contributed by atoms with Gasteiger partial charge in [-0.25, -0.2) is 4.98 Å². The van der Waals surface area contributed by atoms with Crippen LogP contribution in [0.3, 0.4) is 0 Å².